The highest BCUT2D eigenvalue weighted by Gasteiger charge is 2.04. The third-order valence-corrected chi connectivity index (χ3v) is 1.51. The number of amides is 1. The van der Waals surface area contributed by atoms with E-state index >= 15 is 0 Å². The number of carbonyl (C=O) groups excluding carboxylic acids is 1. The number of hydrogen-bond acceptors (Lipinski definition) is 2. The minimum absolute atomic E-state index is 0.241. The molecule has 0 aromatic carbocycles. The van der Waals surface area contributed by atoms with Crippen molar-refractivity contribution in [3.05, 3.63) is 11.6 Å². The summed E-state index contributed by atoms with van der Waals surface area (Å²) in [7, 11) is 0. The van der Waals surface area contributed by atoms with Gasteiger partial charge in [-0.15, -0.1) is 0 Å². The molecule has 1 amide bonds. The van der Waals surface area contributed by atoms with E-state index < -0.39 is 0 Å². The summed E-state index contributed by atoms with van der Waals surface area (Å²) in [6, 6.07) is 0. The summed E-state index contributed by atoms with van der Waals surface area (Å²) in [6.07, 6.45) is 3.51. The average molecular weight is 140 g/mol. The van der Waals surface area contributed by atoms with Gasteiger partial charge in [-0.3, -0.25) is 4.79 Å². The van der Waals surface area contributed by atoms with Crippen LogP contribution in [0.4, 0.5) is 0 Å². The number of primary amides is 1. The first-order valence-electron chi connectivity index (χ1n) is 3.46. The van der Waals surface area contributed by atoms with Crippen molar-refractivity contribution < 1.29 is 4.79 Å². The summed E-state index contributed by atoms with van der Waals surface area (Å²) < 4.78 is 0. The summed E-state index contributed by atoms with van der Waals surface area (Å²) in [4.78, 5) is 10.4. The molecule has 1 heterocycles. The third-order valence-electron chi connectivity index (χ3n) is 1.51. The van der Waals surface area contributed by atoms with Crippen molar-refractivity contribution in [3.8, 4) is 0 Å². The van der Waals surface area contributed by atoms with E-state index in [1.165, 1.54) is 0 Å². The second-order valence-corrected chi connectivity index (χ2v) is 2.47. The molecule has 0 unspecified atom stereocenters. The molecule has 0 aromatic rings. The molecule has 0 bridgehead atoms. The summed E-state index contributed by atoms with van der Waals surface area (Å²) in [5.41, 5.74) is 6.14. The molecule has 3 N–H and O–H groups in total. The van der Waals surface area contributed by atoms with E-state index in [9.17, 15) is 4.79 Å². The van der Waals surface area contributed by atoms with Gasteiger partial charge in [0.2, 0.25) is 5.91 Å². The van der Waals surface area contributed by atoms with Crippen molar-refractivity contribution >= 4 is 5.91 Å². The molecule has 1 aliphatic rings. The van der Waals surface area contributed by atoms with Gasteiger partial charge in [0.05, 0.1) is 0 Å². The van der Waals surface area contributed by atoms with Crippen LogP contribution in [0.2, 0.25) is 0 Å². The van der Waals surface area contributed by atoms with Crippen LogP contribution in [-0.2, 0) is 4.79 Å². The topological polar surface area (TPSA) is 55.1 Å². The first kappa shape index (κ1) is 7.28. The van der Waals surface area contributed by atoms with Gasteiger partial charge in [0, 0.05) is 13.0 Å². The van der Waals surface area contributed by atoms with Crippen LogP contribution in [0, 0.1) is 0 Å². The van der Waals surface area contributed by atoms with Crippen LogP contribution in [0.5, 0.6) is 0 Å². The van der Waals surface area contributed by atoms with Crippen molar-refractivity contribution in [1.29, 1.82) is 0 Å². The molecule has 0 aromatic heterocycles. The smallest absolute Gasteiger partial charge is 0.221 e. The van der Waals surface area contributed by atoms with E-state index in [0.29, 0.717) is 6.42 Å². The van der Waals surface area contributed by atoms with Gasteiger partial charge in [0.15, 0.2) is 0 Å². The SMILES string of the molecule is NC(=O)CC1=CCCNC1. The Bertz CT molecular complexity index is 163. The van der Waals surface area contributed by atoms with Crippen LogP contribution in [0.3, 0.4) is 0 Å². The lowest BCUT2D eigenvalue weighted by atomic mass is 10.1. The standard InChI is InChI=1S/C7H12N2O/c8-7(10)4-6-2-1-3-9-5-6/h2,9H,1,3-5H2,(H2,8,10). The summed E-state index contributed by atoms with van der Waals surface area (Å²) in [5, 5.41) is 3.16. The maximum Gasteiger partial charge on any atom is 0.221 e. The van der Waals surface area contributed by atoms with Crippen LogP contribution >= 0.6 is 0 Å². The van der Waals surface area contributed by atoms with E-state index in [0.717, 1.165) is 25.1 Å². The van der Waals surface area contributed by atoms with Crippen LogP contribution in [-0.4, -0.2) is 19.0 Å². The highest BCUT2D eigenvalue weighted by molar-refractivity contribution is 5.76. The van der Waals surface area contributed by atoms with Crippen molar-refractivity contribution in [2.24, 2.45) is 5.73 Å². The van der Waals surface area contributed by atoms with Crippen molar-refractivity contribution in [1.82, 2.24) is 5.32 Å². The monoisotopic (exact) mass is 140 g/mol. The van der Waals surface area contributed by atoms with E-state index in [-0.39, 0.29) is 5.91 Å². The number of hydrogen-bond donors (Lipinski definition) is 2. The van der Waals surface area contributed by atoms with E-state index in [4.69, 9.17) is 5.73 Å². The molecule has 1 rings (SSSR count). The van der Waals surface area contributed by atoms with Crippen LogP contribution < -0.4 is 11.1 Å². The zero-order chi connectivity index (χ0) is 7.40. The van der Waals surface area contributed by atoms with Crippen LogP contribution in [0.25, 0.3) is 0 Å². The van der Waals surface area contributed by atoms with Crippen LogP contribution in [0.15, 0.2) is 11.6 Å². The molecule has 0 spiro atoms. The van der Waals surface area contributed by atoms with Gasteiger partial charge in [0.25, 0.3) is 0 Å². The Balaban J connectivity index is 2.38. The lowest BCUT2D eigenvalue weighted by Crippen LogP contribution is -2.24. The van der Waals surface area contributed by atoms with Gasteiger partial charge >= 0.3 is 0 Å². The predicted octanol–water partition coefficient (Wildman–Crippen LogP) is -0.219. The molecule has 10 heavy (non-hydrogen) atoms. The Morgan fingerprint density at radius 1 is 1.80 bits per heavy atom. The summed E-state index contributed by atoms with van der Waals surface area (Å²) in [6.45, 7) is 1.84. The van der Waals surface area contributed by atoms with Gasteiger partial charge in [0.1, 0.15) is 0 Å². The van der Waals surface area contributed by atoms with Gasteiger partial charge in [-0.2, -0.15) is 0 Å². The molecule has 1 aliphatic heterocycles. The molecule has 0 aliphatic carbocycles. The molecule has 0 saturated carbocycles. The van der Waals surface area contributed by atoms with Crippen molar-refractivity contribution in [2.45, 2.75) is 12.8 Å². The zero-order valence-electron chi connectivity index (χ0n) is 5.89. The lowest BCUT2D eigenvalue weighted by molar-refractivity contribution is -0.117. The first-order chi connectivity index (χ1) is 4.79. The van der Waals surface area contributed by atoms with E-state index in [1.54, 1.807) is 0 Å². The average Bonchev–Trinajstić information content (AvgIpc) is 1.88. The number of rotatable bonds is 2. The van der Waals surface area contributed by atoms with Crippen LogP contribution in [0.1, 0.15) is 12.8 Å². The van der Waals surface area contributed by atoms with Gasteiger partial charge < -0.3 is 11.1 Å². The summed E-state index contributed by atoms with van der Waals surface area (Å²) in [5.74, 6) is -0.241. The fraction of sp³-hybridized carbons (Fsp3) is 0.571. The second-order valence-electron chi connectivity index (χ2n) is 2.47. The molecule has 56 valence electrons. The van der Waals surface area contributed by atoms with Gasteiger partial charge in [-0.1, -0.05) is 11.6 Å². The highest BCUT2D eigenvalue weighted by atomic mass is 16.1. The third kappa shape index (κ3) is 2.19. The van der Waals surface area contributed by atoms with Gasteiger partial charge in [-0.25, -0.2) is 0 Å². The fourth-order valence-corrected chi connectivity index (χ4v) is 1.06. The Labute approximate surface area is 60.3 Å². The maximum absolute atomic E-state index is 10.4. The second kappa shape index (κ2) is 3.37. The molecular formula is C7H12N2O. The highest BCUT2D eigenvalue weighted by Crippen LogP contribution is 2.04. The quantitative estimate of drug-likeness (QED) is 0.521. The minimum atomic E-state index is -0.241. The molecule has 0 fully saturated rings. The van der Waals surface area contributed by atoms with Crippen molar-refractivity contribution in [2.75, 3.05) is 13.1 Å². The number of nitrogens with one attached hydrogen (secondary N) is 1. The normalized spacial score (nSPS) is 18.2. The Kier molecular flexibility index (Phi) is 2.45. The Morgan fingerprint density at radius 2 is 2.60 bits per heavy atom. The molecule has 3 nitrogen and oxygen atoms in total. The van der Waals surface area contributed by atoms with E-state index in [2.05, 4.69) is 11.4 Å². The molecule has 3 heteroatoms. The fourth-order valence-electron chi connectivity index (χ4n) is 1.06. The molecule has 0 atom stereocenters. The number of carbonyl (C=O) groups is 1. The zero-order valence-corrected chi connectivity index (χ0v) is 5.89. The lowest BCUT2D eigenvalue weighted by Gasteiger charge is -2.11. The predicted molar refractivity (Wildman–Crippen MR) is 39.4 cm³/mol. The Morgan fingerprint density at radius 3 is 3.10 bits per heavy atom. The minimum Gasteiger partial charge on any atom is -0.369 e. The molecular weight excluding hydrogens is 128 g/mol. The molecule has 0 radical (unpaired) electrons. The van der Waals surface area contributed by atoms with Crippen molar-refractivity contribution in [3.63, 3.8) is 0 Å². The summed E-state index contributed by atoms with van der Waals surface area (Å²) >= 11 is 0. The number of nitrogens with two attached hydrogens (primary N) is 1. The van der Waals surface area contributed by atoms with Gasteiger partial charge in [-0.05, 0) is 13.0 Å². The maximum atomic E-state index is 10.4. The first-order valence-corrected chi connectivity index (χ1v) is 3.46. The Hall–Kier alpha value is -0.830. The largest absolute Gasteiger partial charge is 0.369 e. The van der Waals surface area contributed by atoms with E-state index in [1.807, 2.05) is 0 Å². The molecule has 0 saturated heterocycles.